The van der Waals surface area contributed by atoms with Crippen molar-refractivity contribution < 1.29 is 32.0 Å². The number of oxime groups is 1. The molecule has 0 saturated carbocycles. The first kappa shape index (κ1) is 27.6. The van der Waals surface area contributed by atoms with E-state index in [0.717, 1.165) is 19.1 Å². The van der Waals surface area contributed by atoms with Crippen molar-refractivity contribution in [1.29, 1.82) is 0 Å². The van der Waals surface area contributed by atoms with Gasteiger partial charge in [0, 0.05) is 25.8 Å². The number of ketones is 1. The van der Waals surface area contributed by atoms with E-state index in [-0.39, 0.29) is 23.8 Å². The summed E-state index contributed by atoms with van der Waals surface area (Å²) >= 11 is 0. The number of piperidine rings is 1. The van der Waals surface area contributed by atoms with Crippen molar-refractivity contribution in [2.24, 2.45) is 5.16 Å². The predicted molar refractivity (Wildman–Crippen MR) is 136 cm³/mol. The topological polar surface area (TPSA) is 140 Å². The Labute approximate surface area is 220 Å². The number of hydrogen-bond donors (Lipinski definition) is 1. The summed E-state index contributed by atoms with van der Waals surface area (Å²) in [5.74, 6) is -1.35. The van der Waals surface area contributed by atoms with Crippen LogP contribution in [0.3, 0.4) is 0 Å². The molecule has 2 unspecified atom stereocenters. The van der Waals surface area contributed by atoms with Crippen molar-refractivity contribution in [1.82, 2.24) is 20.2 Å². The summed E-state index contributed by atoms with van der Waals surface area (Å²) in [6.07, 6.45) is 3.06. The van der Waals surface area contributed by atoms with Crippen molar-refractivity contribution in [3.8, 4) is 5.75 Å². The van der Waals surface area contributed by atoms with Crippen LogP contribution in [-0.4, -0.2) is 78.6 Å². The van der Waals surface area contributed by atoms with E-state index >= 15 is 0 Å². The summed E-state index contributed by atoms with van der Waals surface area (Å²) < 4.78 is 42.0. The average Bonchev–Trinajstić information content (AvgIpc) is 3.37. The molecule has 4 rings (SSSR count). The molecule has 38 heavy (non-hydrogen) atoms. The van der Waals surface area contributed by atoms with Crippen LogP contribution in [0.1, 0.15) is 53.3 Å². The number of Topliss-reactive ketones (excluding diaryl/α,β-unsaturated/α-hetero) is 1. The van der Waals surface area contributed by atoms with Gasteiger partial charge in [-0.3, -0.25) is 14.5 Å². The van der Waals surface area contributed by atoms with Gasteiger partial charge in [0.1, 0.15) is 23.0 Å². The summed E-state index contributed by atoms with van der Waals surface area (Å²) in [6, 6.07) is 5.28. The van der Waals surface area contributed by atoms with Gasteiger partial charge in [-0.05, 0) is 43.5 Å². The lowest BCUT2D eigenvalue weighted by atomic mass is 9.98. The molecule has 1 amide bonds. The maximum Gasteiger partial charge on any atom is 0.270 e. The van der Waals surface area contributed by atoms with Gasteiger partial charge < -0.3 is 14.9 Å². The van der Waals surface area contributed by atoms with E-state index in [0.29, 0.717) is 42.2 Å². The fraction of sp³-hybridized carbons (Fsp3) is 0.480. The van der Waals surface area contributed by atoms with Crippen molar-refractivity contribution in [3.63, 3.8) is 0 Å². The van der Waals surface area contributed by atoms with E-state index in [1.54, 1.807) is 13.0 Å². The fourth-order valence-corrected chi connectivity index (χ4v) is 5.32. The molecule has 204 valence electrons. The van der Waals surface area contributed by atoms with E-state index in [9.17, 15) is 22.4 Å². The molecule has 0 aliphatic carbocycles. The lowest BCUT2D eigenvalue weighted by Crippen LogP contribution is -2.51. The molecular formula is C25H30FN5O6S. The highest BCUT2D eigenvalue weighted by Crippen LogP contribution is 2.27. The first-order valence-corrected chi connectivity index (χ1v) is 14.3. The Hall–Kier alpha value is -3.45. The molecule has 2 aromatic rings. The van der Waals surface area contributed by atoms with E-state index in [4.69, 9.17) is 9.57 Å². The smallest absolute Gasteiger partial charge is 0.270 e. The Morgan fingerprint density at radius 1 is 1.24 bits per heavy atom. The molecule has 1 N–H and O–H groups in total. The number of carbonyl (C=O) groups excluding carboxylic acids is 2. The molecule has 0 bridgehead atoms. The van der Waals surface area contributed by atoms with Gasteiger partial charge in [0.2, 0.25) is 0 Å². The number of amides is 1. The molecule has 1 aromatic heterocycles. The highest BCUT2D eigenvalue weighted by molar-refractivity contribution is 7.91. The number of nitrogens with one attached hydrogen (secondary N) is 1. The molecule has 1 fully saturated rings. The number of hydrogen-bond acceptors (Lipinski definition) is 10. The van der Waals surface area contributed by atoms with Crippen molar-refractivity contribution >= 4 is 27.2 Å². The molecule has 2 atom stereocenters. The van der Waals surface area contributed by atoms with Crippen LogP contribution >= 0.6 is 0 Å². The number of halogens is 1. The third-order valence-corrected chi connectivity index (χ3v) is 7.19. The zero-order chi connectivity index (χ0) is 27.4. The molecular weight excluding hydrogens is 517 g/mol. The van der Waals surface area contributed by atoms with Gasteiger partial charge in [0.25, 0.3) is 5.91 Å². The first-order valence-electron chi connectivity index (χ1n) is 12.2. The molecule has 1 aromatic carbocycles. The number of aryl methyl sites for hydroxylation is 1. The van der Waals surface area contributed by atoms with Crippen LogP contribution in [0.4, 0.5) is 4.39 Å². The van der Waals surface area contributed by atoms with E-state index in [1.807, 2.05) is 4.90 Å². The Morgan fingerprint density at radius 3 is 2.76 bits per heavy atom. The quantitative estimate of drug-likeness (QED) is 0.497. The van der Waals surface area contributed by atoms with Gasteiger partial charge in [-0.2, -0.15) is 0 Å². The molecule has 2 aliphatic heterocycles. The number of ether oxygens (including phenoxy) is 1. The normalized spacial score (nSPS) is 19.9. The first-order chi connectivity index (χ1) is 18.0. The zero-order valence-corrected chi connectivity index (χ0v) is 22.3. The maximum absolute atomic E-state index is 13.6. The molecule has 13 heteroatoms. The summed E-state index contributed by atoms with van der Waals surface area (Å²) in [4.78, 5) is 41.7. The average molecular weight is 548 g/mol. The molecule has 0 spiro atoms. The number of benzene rings is 1. The minimum atomic E-state index is -3.44. The summed E-state index contributed by atoms with van der Waals surface area (Å²) in [5, 5.41) is 6.92. The molecule has 3 heterocycles. The number of likely N-dealkylation sites (tertiary alicyclic amines) is 1. The monoisotopic (exact) mass is 547 g/mol. The third-order valence-electron chi connectivity index (χ3n) is 6.38. The number of methoxy groups -OCH3 is 1. The van der Waals surface area contributed by atoms with Crippen LogP contribution < -0.4 is 10.1 Å². The SMILES string of the molecule is COc1cc(CNC(=O)c2cc(C3=NOC(N4CCCCC4C(=O)CS(C)(=O)=O)C3)nc(C)n2)ccc1F. The van der Waals surface area contributed by atoms with Gasteiger partial charge in [-0.15, -0.1) is 0 Å². The third kappa shape index (κ3) is 6.70. The lowest BCUT2D eigenvalue weighted by Gasteiger charge is -2.37. The Morgan fingerprint density at radius 2 is 2.03 bits per heavy atom. The van der Waals surface area contributed by atoms with Crippen LogP contribution in [0.2, 0.25) is 0 Å². The second kappa shape index (κ2) is 11.5. The highest BCUT2D eigenvalue weighted by Gasteiger charge is 2.38. The van der Waals surface area contributed by atoms with Gasteiger partial charge in [0.05, 0.1) is 18.8 Å². The molecule has 0 radical (unpaired) electrons. The Bertz CT molecular complexity index is 1370. The number of nitrogens with zero attached hydrogens (tertiary/aromatic N) is 4. The van der Waals surface area contributed by atoms with Crippen molar-refractivity contribution in [2.45, 2.75) is 51.4 Å². The summed E-state index contributed by atoms with van der Waals surface area (Å²) in [6.45, 7) is 2.37. The van der Waals surface area contributed by atoms with Gasteiger partial charge >= 0.3 is 0 Å². The van der Waals surface area contributed by atoms with Crippen LogP contribution in [-0.2, 0) is 26.0 Å². The fourth-order valence-electron chi connectivity index (χ4n) is 4.61. The second-order valence-electron chi connectivity index (χ2n) is 9.43. The largest absolute Gasteiger partial charge is 0.494 e. The van der Waals surface area contributed by atoms with Crippen LogP contribution in [0, 0.1) is 12.7 Å². The molecule has 2 aliphatic rings. The maximum atomic E-state index is 13.6. The number of aromatic nitrogens is 2. The van der Waals surface area contributed by atoms with E-state index < -0.39 is 39.6 Å². The van der Waals surface area contributed by atoms with Gasteiger partial charge in [-0.1, -0.05) is 17.6 Å². The van der Waals surface area contributed by atoms with E-state index in [2.05, 4.69) is 20.4 Å². The van der Waals surface area contributed by atoms with Crippen LogP contribution in [0.25, 0.3) is 0 Å². The minimum absolute atomic E-state index is 0.0830. The predicted octanol–water partition coefficient (Wildman–Crippen LogP) is 1.78. The van der Waals surface area contributed by atoms with Crippen molar-refractivity contribution in [2.75, 3.05) is 25.7 Å². The number of carbonyl (C=O) groups is 2. The molecule has 11 nitrogen and oxygen atoms in total. The Balaban J connectivity index is 1.44. The highest BCUT2D eigenvalue weighted by atomic mass is 32.2. The van der Waals surface area contributed by atoms with Gasteiger partial charge in [-0.25, -0.2) is 22.8 Å². The standard InChI is InChI=1S/C25H30FN5O6S/c1-15-28-18(11-20(29-15)25(33)27-13-16-7-8-17(26)23(10-16)36-2)19-12-24(37-30-19)31-9-5-4-6-21(31)22(32)14-38(3,34)35/h7-8,10-11,21,24H,4-6,9,12-14H2,1-3H3,(H,27,33). The summed E-state index contributed by atoms with van der Waals surface area (Å²) in [5.41, 5.74) is 1.70. The van der Waals surface area contributed by atoms with Crippen LogP contribution in [0.15, 0.2) is 29.4 Å². The summed E-state index contributed by atoms with van der Waals surface area (Å²) in [7, 11) is -2.08. The number of sulfone groups is 1. The number of rotatable bonds is 9. The van der Waals surface area contributed by atoms with E-state index in [1.165, 1.54) is 25.3 Å². The van der Waals surface area contributed by atoms with Crippen molar-refractivity contribution in [3.05, 3.63) is 52.9 Å². The molecule has 1 saturated heterocycles. The van der Waals surface area contributed by atoms with Crippen LogP contribution in [0.5, 0.6) is 5.75 Å². The minimum Gasteiger partial charge on any atom is -0.494 e. The van der Waals surface area contributed by atoms with Gasteiger partial charge in [0.15, 0.2) is 33.4 Å². The lowest BCUT2D eigenvalue weighted by molar-refractivity contribution is -0.131. The zero-order valence-electron chi connectivity index (χ0n) is 21.4. The second-order valence-corrected chi connectivity index (χ2v) is 11.6. The Kier molecular flexibility index (Phi) is 8.36.